The van der Waals surface area contributed by atoms with E-state index in [0.717, 1.165) is 6.42 Å². The van der Waals surface area contributed by atoms with Gasteiger partial charge in [0.2, 0.25) is 5.91 Å². The molecule has 8 heteroatoms. The molecule has 0 aromatic heterocycles. The van der Waals surface area contributed by atoms with E-state index in [9.17, 15) is 18.0 Å². The zero-order valence-corrected chi connectivity index (χ0v) is 16.5. The van der Waals surface area contributed by atoms with Crippen LogP contribution in [0.2, 0.25) is 0 Å². The SMILES string of the molecule is CC[C@@H](C)c1ccc(NC(=O)C2=NN([C@H]3CCS(=O)(=O)C3)C(=O)CC2)cc1. The van der Waals surface area contributed by atoms with Gasteiger partial charge in [-0.05, 0) is 36.5 Å². The minimum atomic E-state index is -3.13. The van der Waals surface area contributed by atoms with Crippen LogP contribution in [-0.4, -0.2) is 48.5 Å². The lowest BCUT2D eigenvalue weighted by Crippen LogP contribution is -2.42. The highest BCUT2D eigenvalue weighted by Gasteiger charge is 2.37. The Balaban J connectivity index is 1.70. The highest BCUT2D eigenvalue weighted by molar-refractivity contribution is 7.91. The summed E-state index contributed by atoms with van der Waals surface area (Å²) in [5, 5.41) is 8.20. The molecule has 0 saturated carbocycles. The van der Waals surface area contributed by atoms with Crippen LogP contribution in [0.15, 0.2) is 29.4 Å². The first kappa shape index (κ1) is 19.5. The van der Waals surface area contributed by atoms with Crippen LogP contribution in [-0.2, 0) is 19.4 Å². The molecule has 3 rings (SSSR count). The molecule has 1 aromatic carbocycles. The van der Waals surface area contributed by atoms with Crippen molar-refractivity contribution in [3.8, 4) is 0 Å². The van der Waals surface area contributed by atoms with Gasteiger partial charge in [0, 0.05) is 18.5 Å². The van der Waals surface area contributed by atoms with E-state index in [0.29, 0.717) is 18.0 Å². The van der Waals surface area contributed by atoms with Gasteiger partial charge in [-0.3, -0.25) is 9.59 Å². The molecule has 1 saturated heterocycles. The first-order chi connectivity index (χ1) is 12.8. The predicted molar refractivity (Wildman–Crippen MR) is 104 cm³/mol. The van der Waals surface area contributed by atoms with Gasteiger partial charge in [0.05, 0.1) is 17.5 Å². The fraction of sp³-hybridized carbons (Fsp3) is 0.526. The predicted octanol–water partition coefficient (Wildman–Crippen LogP) is 2.30. The van der Waals surface area contributed by atoms with Crippen molar-refractivity contribution >= 4 is 33.1 Å². The Morgan fingerprint density at radius 3 is 2.59 bits per heavy atom. The van der Waals surface area contributed by atoms with Crippen molar-refractivity contribution in [3.05, 3.63) is 29.8 Å². The highest BCUT2D eigenvalue weighted by Crippen LogP contribution is 2.23. The number of hydrogen-bond donors (Lipinski definition) is 1. The number of hydrazone groups is 1. The summed E-state index contributed by atoms with van der Waals surface area (Å²) >= 11 is 0. The van der Waals surface area contributed by atoms with Gasteiger partial charge in [0.15, 0.2) is 9.84 Å². The smallest absolute Gasteiger partial charge is 0.271 e. The van der Waals surface area contributed by atoms with Crippen molar-refractivity contribution < 1.29 is 18.0 Å². The van der Waals surface area contributed by atoms with Crippen molar-refractivity contribution in [1.29, 1.82) is 0 Å². The van der Waals surface area contributed by atoms with Gasteiger partial charge >= 0.3 is 0 Å². The third-order valence-electron chi connectivity index (χ3n) is 5.23. The summed E-state index contributed by atoms with van der Waals surface area (Å²) in [6.07, 6.45) is 1.83. The Hall–Kier alpha value is -2.22. The van der Waals surface area contributed by atoms with E-state index >= 15 is 0 Å². The second-order valence-electron chi connectivity index (χ2n) is 7.23. The fourth-order valence-electron chi connectivity index (χ4n) is 3.32. The van der Waals surface area contributed by atoms with Crippen LogP contribution in [0.3, 0.4) is 0 Å². The average molecular weight is 391 g/mol. The maximum atomic E-state index is 12.5. The van der Waals surface area contributed by atoms with Gasteiger partial charge in [-0.1, -0.05) is 26.0 Å². The molecule has 0 radical (unpaired) electrons. The number of carbonyl (C=O) groups excluding carboxylic acids is 2. The van der Waals surface area contributed by atoms with Crippen LogP contribution >= 0.6 is 0 Å². The van der Waals surface area contributed by atoms with Crippen LogP contribution in [0.4, 0.5) is 5.69 Å². The average Bonchev–Trinajstić information content (AvgIpc) is 3.01. The summed E-state index contributed by atoms with van der Waals surface area (Å²) in [7, 11) is -3.13. The first-order valence-corrected chi connectivity index (χ1v) is 11.1. The number of nitrogens with one attached hydrogen (secondary N) is 1. The number of amides is 2. The molecule has 7 nitrogen and oxygen atoms in total. The molecular weight excluding hydrogens is 366 g/mol. The number of nitrogens with zero attached hydrogens (tertiary/aromatic N) is 2. The lowest BCUT2D eigenvalue weighted by molar-refractivity contribution is -0.133. The van der Waals surface area contributed by atoms with Gasteiger partial charge in [-0.2, -0.15) is 5.10 Å². The van der Waals surface area contributed by atoms with Gasteiger partial charge in [-0.25, -0.2) is 13.4 Å². The Morgan fingerprint density at radius 2 is 2.00 bits per heavy atom. The van der Waals surface area contributed by atoms with Crippen molar-refractivity contribution in [2.24, 2.45) is 5.10 Å². The number of carbonyl (C=O) groups is 2. The van der Waals surface area contributed by atoms with Crippen LogP contribution in [0, 0.1) is 0 Å². The summed E-state index contributed by atoms with van der Waals surface area (Å²) in [4.78, 5) is 24.7. The van der Waals surface area contributed by atoms with Gasteiger partial charge < -0.3 is 5.32 Å². The summed E-state index contributed by atoms with van der Waals surface area (Å²) in [5.74, 6) is -0.161. The standard InChI is InChI=1S/C19H25N3O4S/c1-3-13(2)14-4-6-15(7-5-14)20-19(24)17-8-9-18(23)22(21-17)16-10-11-27(25,26)12-16/h4-7,13,16H,3,8-12H2,1-2H3,(H,20,24)/t13-,16+/m1/s1. The largest absolute Gasteiger partial charge is 0.321 e. The number of rotatable bonds is 5. The van der Waals surface area contributed by atoms with Gasteiger partial charge in [0.25, 0.3) is 5.91 Å². The number of hydrogen-bond acceptors (Lipinski definition) is 5. The molecule has 1 fully saturated rings. The second kappa shape index (κ2) is 7.80. The Morgan fingerprint density at radius 1 is 1.30 bits per heavy atom. The molecule has 0 unspecified atom stereocenters. The molecule has 0 aliphatic carbocycles. The molecule has 1 aromatic rings. The molecule has 2 atom stereocenters. The van der Waals surface area contributed by atoms with E-state index in [1.807, 2.05) is 24.3 Å². The monoisotopic (exact) mass is 391 g/mol. The molecule has 2 aliphatic heterocycles. The molecule has 2 amide bonds. The normalized spacial score (nSPS) is 23.0. The second-order valence-corrected chi connectivity index (χ2v) is 9.46. The lowest BCUT2D eigenvalue weighted by Gasteiger charge is -2.27. The van der Waals surface area contributed by atoms with E-state index in [1.54, 1.807) is 0 Å². The maximum Gasteiger partial charge on any atom is 0.271 e. The van der Waals surface area contributed by atoms with E-state index in [1.165, 1.54) is 10.6 Å². The minimum Gasteiger partial charge on any atom is -0.321 e. The molecule has 146 valence electrons. The molecule has 0 bridgehead atoms. The summed E-state index contributed by atoms with van der Waals surface area (Å²) < 4.78 is 23.4. The summed E-state index contributed by atoms with van der Waals surface area (Å²) in [6.45, 7) is 4.28. The highest BCUT2D eigenvalue weighted by atomic mass is 32.2. The van der Waals surface area contributed by atoms with Crippen LogP contribution in [0.25, 0.3) is 0 Å². The quantitative estimate of drug-likeness (QED) is 0.833. The fourth-order valence-corrected chi connectivity index (χ4v) is 5.01. The number of benzene rings is 1. The minimum absolute atomic E-state index is 0.0566. The Bertz CT molecular complexity index is 861. The van der Waals surface area contributed by atoms with Crippen molar-refractivity contribution in [1.82, 2.24) is 5.01 Å². The van der Waals surface area contributed by atoms with Crippen LogP contribution in [0.1, 0.15) is 51.0 Å². The molecule has 27 heavy (non-hydrogen) atoms. The van der Waals surface area contributed by atoms with E-state index in [-0.39, 0.29) is 41.9 Å². The van der Waals surface area contributed by atoms with E-state index in [4.69, 9.17) is 0 Å². The summed E-state index contributed by atoms with van der Waals surface area (Å²) in [5.41, 5.74) is 2.14. The Kier molecular flexibility index (Phi) is 5.64. The van der Waals surface area contributed by atoms with Crippen molar-refractivity contribution in [3.63, 3.8) is 0 Å². The number of sulfone groups is 1. The van der Waals surface area contributed by atoms with Gasteiger partial charge in [0.1, 0.15) is 5.71 Å². The Labute approximate surface area is 159 Å². The van der Waals surface area contributed by atoms with Gasteiger partial charge in [-0.15, -0.1) is 0 Å². The van der Waals surface area contributed by atoms with Crippen LogP contribution in [0.5, 0.6) is 0 Å². The number of anilines is 1. The zero-order valence-electron chi connectivity index (χ0n) is 15.6. The maximum absolute atomic E-state index is 12.5. The molecule has 1 N–H and O–H groups in total. The molecule has 2 aliphatic rings. The molecule has 2 heterocycles. The first-order valence-electron chi connectivity index (χ1n) is 9.30. The van der Waals surface area contributed by atoms with Crippen molar-refractivity contribution in [2.45, 2.75) is 51.5 Å². The topological polar surface area (TPSA) is 95.9 Å². The third kappa shape index (κ3) is 4.55. The van der Waals surface area contributed by atoms with Crippen molar-refractivity contribution in [2.75, 3.05) is 16.8 Å². The van der Waals surface area contributed by atoms with E-state index < -0.39 is 15.9 Å². The molecule has 0 spiro atoms. The van der Waals surface area contributed by atoms with Crippen LogP contribution < -0.4 is 5.32 Å². The zero-order chi connectivity index (χ0) is 19.6. The molecular formula is C19H25N3O4S. The third-order valence-corrected chi connectivity index (χ3v) is 6.98. The lowest BCUT2D eigenvalue weighted by atomic mass is 9.98. The summed E-state index contributed by atoms with van der Waals surface area (Å²) in [6, 6.07) is 7.22. The van der Waals surface area contributed by atoms with E-state index in [2.05, 4.69) is 24.3 Å².